The summed E-state index contributed by atoms with van der Waals surface area (Å²) in [5.74, 6) is 0.650. The molecule has 0 radical (unpaired) electrons. The highest BCUT2D eigenvalue weighted by molar-refractivity contribution is 6.05. The molecule has 1 heterocycles. The van der Waals surface area contributed by atoms with E-state index in [1.165, 1.54) is 32.1 Å². The SMILES string of the molecule is O=C1C2CC=CCC2C(=O)N1CC1CCCCC1. The van der Waals surface area contributed by atoms with E-state index in [0.29, 0.717) is 12.5 Å². The van der Waals surface area contributed by atoms with E-state index < -0.39 is 0 Å². The highest BCUT2D eigenvalue weighted by atomic mass is 16.2. The quantitative estimate of drug-likeness (QED) is 0.555. The maximum Gasteiger partial charge on any atom is 0.233 e. The summed E-state index contributed by atoms with van der Waals surface area (Å²) in [6, 6.07) is 0. The van der Waals surface area contributed by atoms with E-state index in [9.17, 15) is 9.59 Å². The number of fused-ring (bicyclic) bond motifs is 1. The summed E-state index contributed by atoms with van der Waals surface area (Å²) in [6.45, 7) is 0.685. The van der Waals surface area contributed by atoms with Gasteiger partial charge in [-0.2, -0.15) is 0 Å². The second kappa shape index (κ2) is 4.87. The predicted molar refractivity (Wildman–Crippen MR) is 68.6 cm³/mol. The maximum absolute atomic E-state index is 12.3. The van der Waals surface area contributed by atoms with Gasteiger partial charge in [0.05, 0.1) is 11.8 Å². The molecule has 1 saturated heterocycles. The summed E-state index contributed by atoms with van der Waals surface area (Å²) < 4.78 is 0. The molecule has 2 aliphatic carbocycles. The van der Waals surface area contributed by atoms with Crippen molar-refractivity contribution in [3.8, 4) is 0 Å². The lowest BCUT2D eigenvalue weighted by atomic mass is 9.85. The molecule has 0 aromatic heterocycles. The Balaban J connectivity index is 1.69. The van der Waals surface area contributed by atoms with Crippen molar-refractivity contribution in [3.05, 3.63) is 12.2 Å². The zero-order chi connectivity index (χ0) is 12.5. The van der Waals surface area contributed by atoms with Crippen molar-refractivity contribution in [2.75, 3.05) is 6.54 Å². The third-order valence-electron chi connectivity index (χ3n) is 4.76. The minimum Gasteiger partial charge on any atom is -0.282 e. The van der Waals surface area contributed by atoms with Crippen molar-refractivity contribution in [3.63, 3.8) is 0 Å². The van der Waals surface area contributed by atoms with Gasteiger partial charge in [0.15, 0.2) is 0 Å². The number of allylic oxidation sites excluding steroid dienone is 2. The van der Waals surface area contributed by atoms with Crippen LogP contribution in [0.1, 0.15) is 44.9 Å². The first-order chi connectivity index (χ1) is 8.77. The van der Waals surface area contributed by atoms with Crippen molar-refractivity contribution < 1.29 is 9.59 Å². The molecule has 2 unspecified atom stereocenters. The number of likely N-dealkylation sites (tertiary alicyclic amines) is 1. The molecule has 0 aromatic rings. The molecule has 0 bridgehead atoms. The summed E-state index contributed by atoms with van der Waals surface area (Å²) in [5, 5.41) is 0. The molecule has 2 amide bonds. The standard InChI is InChI=1S/C15H21NO2/c17-14-12-8-4-5-9-13(12)15(18)16(14)10-11-6-2-1-3-7-11/h4-5,11-13H,1-3,6-10H2. The topological polar surface area (TPSA) is 37.4 Å². The van der Waals surface area contributed by atoms with Crippen LogP contribution >= 0.6 is 0 Å². The number of rotatable bonds is 2. The van der Waals surface area contributed by atoms with Crippen molar-refractivity contribution in [2.45, 2.75) is 44.9 Å². The Hall–Kier alpha value is -1.12. The summed E-state index contributed by atoms with van der Waals surface area (Å²) in [5.41, 5.74) is 0. The molecule has 2 fully saturated rings. The Bertz CT molecular complexity index is 356. The van der Waals surface area contributed by atoms with E-state index in [4.69, 9.17) is 0 Å². The number of imide groups is 1. The largest absolute Gasteiger partial charge is 0.282 e. The summed E-state index contributed by atoms with van der Waals surface area (Å²) in [4.78, 5) is 26.2. The van der Waals surface area contributed by atoms with Crippen molar-refractivity contribution in [1.82, 2.24) is 4.90 Å². The maximum atomic E-state index is 12.3. The van der Waals surface area contributed by atoms with Crippen LogP contribution in [0.2, 0.25) is 0 Å². The van der Waals surface area contributed by atoms with Crippen LogP contribution in [0.5, 0.6) is 0 Å². The van der Waals surface area contributed by atoms with Gasteiger partial charge in [-0.1, -0.05) is 31.4 Å². The molecule has 18 heavy (non-hydrogen) atoms. The first kappa shape index (κ1) is 11.9. The lowest BCUT2D eigenvalue weighted by Crippen LogP contribution is -2.36. The second-order valence-corrected chi connectivity index (χ2v) is 5.95. The van der Waals surface area contributed by atoms with Crippen molar-refractivity contribution in [2.24, 2.45) is 17.8 Å². The van der Waals surface area contributed by atoms with Crippen LogP contribution < -0.4 is 0 Å². The molecule has 3 aliphatic rings. The zero-order valence-electron chi connectivity index (χ0n) is 10.8. The van der Waals surface area contributed by atoms with E-state index >= 15 is 0 Å². The van der Waals surface area contributed by atoms with Gasteiger partial charge in [-0.15, -0.1) is 0 Å². The van der Waals surface area contributed by atoms with Crippen LogP contribution in [0.3, 0.4) is 0 Å². The zero-order valence-corrected chi connectivity index (χ0v) is 10.8. The minimum absolute atomic E-state index is 0.0499. The Labute approximate surface area is 108 Å². The molecule has 2 atom stereocenters. The average molecular weight is 247 g/mol. The first-order valence-electron chi connectivity index (χ1n) is 7.27. The molecular weight excluding hydrogens is 226 g/mol. The number of hydrogen-bond acceptors (Lipinski definition) is 2. The minimum atomic E-state index is -0.0499. The van der Waals surface area contributed by atoms with Crippen molar-refractivity contribution >= 4 is 11.8 Å². The third-order valence-corrected chi connectivity index (χ3v) is 4.76. The normalized spacial score (nSPS) is 33.0. The molecule has 0 aromatic carbocycles. The Kier molecular flexibility index (Phi) is 3.23. The fourth-order valence-corrected chi connectivity index (χ4v) is 3.68. The molecule has 0 N–H and O–H groups in total. The van der Waals surface area contributed by atoms with Crippen LogP contribution in [-0.2, 0) is 9.59 Å². The van der Waals surface area contributed by atoms with E-state index in [-0.39, 0.29) is 23.7 Å². The molecule has 98 valence electrons. The molecule has 3 heteroatoms. The number of carbonyl (C=O) groups excluding carboxylic acids is 2. The van der Waals surface area contributed by atoms with Gasteiger partial charge < -0.3 is 0 Å². The van der Waals surface area contributed by atoms with Gasteiger partial charge in [-0.3, -0.25) is 14.5 Å². The molecule has 1 saturated carbocycles. The predicted octanol–water partition coefficient (Wildman–Crippen LogP) is 2.52. The molecular formula is C15H21NO2. The number of carbonyl (C=O) groups is 2. The summed E-state index contributed by atoms with van der Waals surface area (Å²) >= 11 is 0. The summed E-state index contributed by atoms with van der Waals surface area (Å²) in [7, 11) is 0. The van der Waals surface area contributed by atoms with E-state index in [2.05, 4.69) is 12.2 Å². The summed E-state index contributed by atoms with van der Waals surface area (Å²) in [6.07, 6.45) is 11.8. The van der Waals surface area contributed by atoms with Gasteiger partial charge in [-0.05, 0) is 31.6 Å². The van der Waals surface area contributed by atoms with Gasteiger partial charge >= 0.3 is 0 Å². The Morgan fingerprint density at radius 3 is 2.06 bits per heavy atom. The second-order valence-electron chi connectivity index (χ2n) is 5.95. The molecule has 3 nitrogen and oxygen atoms in total. The monoisotopic (exact) mass is 247 g/mol. The average Bonchev–Trinajstić information content (AvgIpc) is 2.66. The van der Waals surface area contributed by atoms with Gasteiger partial charge in [0, 0.05) is 6.54 Å². The van der Waals surface area contributed by atoms with E-state index in [0.717, 1.165) is 12.8 Å². The van der Waals surface area contributed by atoms with Gasteiger partial charge in [-0.25, -0.2) is 0 Å². The Morgan fingerprint density at radius 2 is 1.50 bits per heavy atom. The van der Waals surface area contributed by atoms with Crippen LogP contribution in [0.4, 0.5) is 0 Å². The van der Waals surface area contributed by atoms with Gasteiger partial charge in [0.1, 0.15) is 0 Å². The lowest BCUT2D eigenvalue weighted by Gasteiger charge is -2.26. The lowest BCUT2D eigenvalue weighted by molar-refractivity contribution is -0.140. The molecule has 1 aliphatic heterocycles. The number of hydrogen-bond donors (Lipinski definition) is 0. The number of amides is 2. The van der Waals surface area contributed by atoms with Crippen LogP contribution in [0, 0.1) is 17.8 Å². The van der Waals surface area contributed by atoms with Crippen LogP contribution in [0.25, 0.3) is 0 Å². The Morgan fingerprint density at radius 1 is 0.944 bits per heavy atom. The number of nitrogens with zero attached hydrogens (tertiary/aromatic N) is 1. The van der Waals surface area contributed by atoms with Gasteiger partial charge in [0.25, 0.3) is 0 Å². The fourth-order valence-electron chi connectivity index (χ4n) is 3.68. The molecule has 3 rings (SSSR count). The smallest absolute Gasteiger partial charge is 0.233 e. The highest BCUT2D eigenvalue weighted by Gasteiger charge is 2.47. The van der Waals surface area contributed by atoms with Crippen LogP contribution in [-0.4, -0.2) is 23.3 Å². The van der Waals surface area contributed by atoms with E-state index in [1.54, 1.807) is 4.90 Å². The van der Waals surface area contributed by atoms with Crippen LogP contribution in [0.15, 0.2) is 12.2 Å². The molecule has 0 spiro atoms. The first-order valence-corrected chi connectivity index (χ1v) is 7.27. The third kappa shape index (κ3) is 2.00. The van der Waals surface area contributed by atoms with Crippen molar-refractivity contribution in [1.29, 1.82) is 0 Å². The highest BCUT2D eigenvalue weighted by Crippen LogP contribution is 2.36. The van der Waals surface area contributed by atoms with E-state index in [1.807, 2.05) is 0 Å². The fraction of sp³-hybridized carbons (Fsp3) is 0.733. The van der Waals surface area contributed by atoms with Gasteiger partial charge in [0.2, 0.25) is 11.8 Å².